The molecule has 0 aliphatic heterocycles. The van der Waals surface area contributed by atoms with Crippen LogP contribution >= 0.6 is 0 Å². The Hall–Kier alpha value is -2.08. The molecule has 29 heavy (non-hydrogen) atoms. The summed E-state index contributed by atoms with van der Waals surface area (Å²) in [5, 5.41) is 2.78. The Bertz CT molecular complexity index is 657. The van der Waals surface area contributed by atoms with Crippen molar-refractivity contribution in [2.45, 2.75) is 97.4 Å². The Labute approximate surface area is 175 Å². The molecule has 1 rings (SSSR count). The van der Waals surface area contributed by atoms with Crippen LogP contribution in [0.15, 0.2) is 24.3 Å². The minimum absolute atomic E-state index is 0.289. The zero-order valence-corrected chi connectivity index (χ0v) is 19.0. The molecule has 1 amide bonds. The second-order valence-electron chi connectivity index (χ2n) is 9.41. The van der Waals surface area contributed by atoms with Crippen molar-refractivity contribution in [3.05, 3.63) is 29.8 Å². The smallest absolute Gasteiger partial charge is 0.329 e. The van der Waals surface area contributed by atoms with Gasteiger partial charge in [0.05, 0.1) is 6.04 Å². The molecule has 0 aliphatic carbocycles. The number of rotatable bonds is 9. The number of nitrogens with one attached hydrogen (secondary N) is 1. The minimum atomic E-state index is -0.802. The lowest BCUT2D eigenvalue weighted by Crippen LogP contribution is -2.50. The fourth-order valence-corrected chi connectivity index (χ4v) is 2.68. The van der Waals surface area contributed by atoms with Gasteiger partial charge >= 0.3 is 5.97 Å². The first-order valence-corrected chi connectivity index (χ1v) is 10.4. The van der Waals surface area contributed by atoms with Crippen molar-refractivity contribution in [3.8, 4) is 5.75 Å². The summed E-state index contributed by atoms with van der Waals surface area (Å²) in [6.45, 7) is 13.4. The second-order valence-corrected chi connectivity index (χ2v) is 9.41. The molecule has 0 unspecified atom stereocenters. The average Bonchev–Trinajstić information content (AvgIpc) is 2.57. The van der Waals surface area contributed by atoms with Crippen molar-refractivity contribution in [2.24, 2.45) is 5.73 Å². The van der Waals surface area contributed by atoms with E-state index in [0.717, 1.165) is 24.2 Å². The van der Waals surface area contributed by atoms with E-state index in [-0.39, 0.29) is 11.5 Å². The number of benzene rings is 1. The Morgan fingerprint density at radius 2 is 1.62 bits per heavy atom. The molecule has 0 radical (unpaired) electrons. The van der Waals surface area contributed by atoms with Gasteiger partial charge in [0.2, 0.25) is 5.91 Å². The molecular formula is C23H38N2O4. The maximum Gasteiger partial charge on any atom is 0.329 e. The summed E-state index contributed by atoms with van der Waals surface area (Å²) in [7, 11) is 0. The molecule has 0 bridgehead atoms. The lowest BCUT2D eigenvalue weighted by atomic mass is 10.0. The SMILES string of the molecule is CCCC[C@H](N)C(=O)N[C@@H](Cc1ccc(OC(C)(C)C)cc1)C(=O)OC(C)(C)C. The highest BCUT2D eigenvalue weighted by atomic mass is 16.6. The predicted molar refractivity (Wildman–Crippen MR) is 116 cm³/mol. The fourth-order valence-electron chi connectivity index (χ4n) is 2.68. The van der Waals surface area contributed by atoms with Crippen LogP contribution in [-0.4, -0.2) is 35.2 Å². The highest BCUT2D eigenvalue weighted by Gasteiger charge is 2.28. The number of hydrogen-bond donors (Lipinski definition) is 2. The predicted octanol–water partition coefficient (Wildman–Crippen LogP) is 3.75. The molecule has 1 aromatic rings. The monoisotopic (exact) mass is 406 g/mol. The average molecular weight is 407 g/mol. The number of carbonyl (C=O) groups excluding carboxylic acids is 2. The van der Waals surface area contributed by atoms with Crippen LogP contribution in [0.3, 0.4) is 0 Å². The summed E-state index contributed by atoms with van der Waals surface area (Å²) in [5.74, 6) is -0.0498. The van der Waals surface area contributed by atoms with E-state index in [9.17, 15) is 9.59 Å². The first-order chi connectivity index (χ1) is 13.3. The van der Waals surface area contributed by atoms with E-state index in [1.54, 1.807) is 20.8 Å². The number of carbonyl (C=O) groups is 2. The van der Waals surface area contributed by atoms with Gasteiger partial charge in [0.25, 0.3) is 0 Å². The molecule has 0 saturated carbocycles. The molecule has 0 aromatic heterocycles. The third kappa shape index (κ3) is 10.3. The first kappa shape index (κ1) is 25.0. The Morgan fingerprint density at radius 3 is 2.10 bits per heavy atom. The van der Waals surface area contributed by atoms with Gasteiger partial charge in [0.15, 0.2) is 0 Å². The molecular weight excluding hydrogens is 368 g/mol. The normalized spacial score (nSPS) is 14.1. The lowest BCUT2D eigenvalue weighted by Gasteiger charge is -2.26. The maximum atomic E-state index is 12.7. The maximum absolute atomic E-state index is 12.7. The summed E-state index contributed by atoms with van der Waals surface area (Å²) in [4.78, 5) is 25.2. The Kier molecular flexibility index (Phi) is 9.14. The van der Waals surface area contributed by atoms with E-state index in [1.165, 1.54) is 0 Å². The van der Waals surface area contributed by atoms with E-state index < -0.39 is 23.7 Å². The summed E-state index contributed by atoms with van der Waals surface area (Å²) in [6.07, 6.45) is 2.72. The van der Waals surface area contributed by atoms with Crippen molar-refractivity contribution >= 4 is 11.9 Å². The largest absolute Gasteiger partial charge is 0.488 e. The van der Waals surface area contributed by atoms with Crippen LogP contribution in [0.25, 0.3) is 0 Å². The van der Waals surface area contributed by atoms with Crippen LogP contribution in [0, 0.1) is 0 Å². The van der Waals surface area contributed by atoms with Crippen LogP contribution in [0.1, 0.15) is 73.3 Å². The molecule has 3 N–H and O–H groups in total. The Morgan fingerprint density at radius 1 is 1.03 bits per heavy atom. The minimum Gasteiger partial charge on any atom is -0.488 e. The number of hydrogen-bond acceptors (Lipinski definition) is 5. The molecule has 0 heterocycles. The van der Waals surface area contributed by atoms with E-state index in [1.807, 2.05) is 52.0 Å². The van der Waals surface area contributed by atoms with E-state index in [2.05, 4.69) is 5.32 Å². The van der Waals surface area contributed by atoms with Gasteiger partial charge < -0.3 is 20.5 Å². The number of amides is 1. The van der Waals surface area contributed by atoms with Crippen LogP contribution in [0.5, 0.6) is 5.75 Å². The lowest BCUT2D eigenvalue weighted by molar-refractivity contribution is -0.158. The summed E-state index contributed by atoms with van der Waals surface area (Å²) in [5.41, 5.74) is 5.93. The molecule has 6 heteroatoms. The van der Waals surface area contributed by atoms with Gasteiger partial charge in [-0.05, 0) is 65.7 Å². The van der Waals surface area contributed by atoms with Gasteiger partial charge in [0, 0.05) is 6.42 Å². The van der Waals surface area contributed by atoms with Crippen LogP contribution in [0.4, 0.5) is 0 Å². The van der Waals surface area contributed by atoms with Crippen molar-refractivity contribution in [1.29, 1.82) is 0 Å². The van der Waals surface area contributed by atoms with Crippen molar-refractivity contribution in [2.75, 3.05) is 0 Å². The van der Waals surface area contributed by atoms with E-state index in [0.29, 0.717) is 12.8 Å². The van der Waals surface area contributed by atoms with Crippen molar-refractivity contribution in [1.82, 2.24) is 5.32 Å². The van der Waals surface area contributed by atoms with Crippen LogP contribution in [-0.2, 0) is 20.7 Å². The molecule has 0 fully saturated rings. The number of nitrogens with two attached hydrogens (primary N) is 1. The van der Waals surface area contributed by atoms with Crippen molar-refractivity contribution < 1.29 is 19.1 Å². The van der Waals surface area contributed by atoms with Crippen LogP contribution in [0.2, 0.25) is 0 Å². The summed E-state index contributed by atoms with van der Waals surface area (Å²) >= 11 is 0. The number of unbranched alkanes of at least 4 members (excludes halogenated alkanes) is 1. The van der Waals surface area contributed by atoms with Crippen LogP contribution < -0.4 is 15.8 Å². The van der Waals surface area contributed by atoms with Gasteiger partial charge in [-0.1, -0.05) is 31.9 Å². The van der Waals surface area contributed by atoms with Gasteiger partial charge in [0.1, 0.15) is 23.0 Å². The molecule has 0 saturated heterocycles. The third-order valence-electron chi connectivity index (χ3n) is 4.00. The van der Waals surface area contributed by atoms with Gasteiger partial charge in [-0.3, -0.25) is 4.79 Å². The van der Waals surface area contributed by atoms with Gasteiger partial charge in [-0.2, -0.15) is 0 Å². The van der Waals surface area contributed by atoms with E-state index in [4.69, 9.17) is 15.2 Å². The fraction of sp³-hybridized carbons (Fsp3) is 0.652. The third-order valence-corrected chi connectivity index (χ3v) is 4.00. The number of esters is 1. The van der Waals surface area contributed by atoms with Gasteiger partial charge in [-0.25, -0.2) is 4.79 Å². The topological polar surface area (TPSA) is 90.7 Å². The van der Waals surface area contributed by atoms with Crippen molar-refractivity contribution in [3.63, 3.8) is 0 Å². The summed E-state index contributed by atoms with van der Waals surface area (Å²) in [6, 6.07) is 6.07. The van der Waals surface area contributed by atoms with E-state index >= 15 is 0 Å². The Balaban J connectivity index is 2.90. The first-order valence-electron chi connectivity index (χ1n) is 10.4. The van der Waals surface area contributed by atoms with Gasteiger partial charge in [-0.15, -0.1) is 0 Å². The number of ether oxygens (including phenoxy) is 2. The zero-order chi connectivity index (χ0) is 22.2. The molecule has 1 aromatic carbocycles. The molecule has 2 atom stereocenters. The molecule has 0 spiro atoms. The highest BCUT2D eigenvalue weighted by molar-refractivity contribution is 5.87. The highest BCUT2D eigenvalue weighted by Crippen LogP contribution is 2.20. The second kappa shape index (κ2) is 10.6. The standard InChI is InChI=1S/C23H38N2O4/c1-8-9-10-18(24)20(26)25-19(21(27)29-23(5,6)7)15-16-11-13-17(14-12-16)28-22(2,3)4/h11-14,18-19H,8-10,15,24H2,1-7H3,(H,25,26)/t18-,19-/m0/s1. The quantitative estimate of drug-likeness (QED) is 0.610. The molecule has 0 aliphatic rings. The molecule has 6 nitrogen and oxygen atoms in total. The molecule has 164 valence electrons. The summed E-state index contributed by atoms with van der Waals surface area (Å²) < 4.78 is 11.3. The zero-order valence-electron chi connectivity index (χ0n) is 19.0.